The predicted octanol–water partition coefficient (Wildman–Crippen LogP) is 1.55. The third-order valence-corrected chi connectivity index (χ3v) is 3.15. The molecule has 15 heavy (non-hydrogen) atoms. The van der Waals surface area contributed by atoms with Crippen molar-refractivity contribution in [1.82, 2.24) is 5.32 Å². The molecular weight excluding hydrogens is 190 g/mol. The number of aliphatic hydroxyl groups excluding tert-OH is 1. The van der Waals surface area contributed by atoms with Crippen molar-refractivity contribution in [2.24, 2.45) is 5.92 Å². The highest BCUT2D eigenvalue weighted by Crippen LogP contribution is 2.28. The summed E-state index contributed by atoms with van der Waals surface area (Å²) in [6.45, 7) is 9.55. The van der Waals surface area contributed by atoms with Crippen molar-refractivity contribution in [3.63, 3.8) is 0 Å². The lowest BCUT2D eigenvalue weighted by molar-refractivity contribution is -0.0664. The van der Waals surface area contributed by atoms with Gasteiger partial charge in [-0.25, -0.2) is 0 Å². The van der Waals surface area contributed by atoms with Crippen molar-refractivity contribution in [3.8, 4) is 0 Å². The van der Waals surface area contributed by atoms with Gasteiger partial charge in [0.25, 0.3) is 0 Å². The topological polar surface area (TPSA) is 41.5 Å². The van der Waals surface area contributed by atoms with E-state index in [0.29, 0.717) is 12.0 Å². The van der Waals surface area contributed by atoms with Gasteiger partial charge in [-0.15, -0.1) is 0 Å². The number of aliphatic hydroxyl groups is 1. The van der Waals surface area contributed by atoms with E-state index >= 15 is 0 Å². The molecule has 0 amide bonds. The van der Waals surface area contributed by atoms with Crippen LogP contribution in [0.25, 0.3) is 0 Å². The van der Waals surface area contributed by atoms with Gasteiger partial charge in [-0.05, 0) is 18.8 Å². The molecule has 1 aliphatic rings. The molecule has 0 saturated carbocycles. The van der Waals surface area contributed by atoms with Crippen LogP contribution in [0.15, 0.2) is 0 Å². The molecule has 3 nitrogen and oxygen atoms in total. The third-order valence-electron chi connectivity index (χ3n) is 3.15. The van der Waals surface area contributed by atoms with Gasteiger partial charge in [0.2, 0.25) is 0 Å². The van der Waals surface area contributed by atoms with Crippen molar-refractivity contribution in [1.29, 1.82) is 0 Å². The minimum absolute atomic E-state index is 0.124. The van der Waals surface area contributed by atoms with E-state index in [9.17, 15) is 5.11 Å². The molecule has 1 heterocycles. The molecule has 0 radical (unpaired) electrons. The fourth-order valence-electron chi connectivity index (χ4n) is 2.31. The van der Waals surface area contributed by atoms with Crippen LogP contribution >= 0.6 is 0 Å². The van der Waals surface area contributed by atoms with Gasteiger partial charge < -0.3 is 15.2 Å². The Hall–Kier alpha value is -0.120. The zero-order chi connectivity index (χ0) is 11.5. The van der Waals surface area contributed by atoms with Crippen LogP contribution in [0.1, 0.15) is 40.5 Å². The van der Waals surface area contributed by atoms with E-state index in [1.807, 2.05) is 0 Å². The Morgan fingerprint density at radius 2 is 2.07 bits per heavy atom. The third kappa shape index (κ3) is 3.44. The van der Waals surface area contributed by atoms with Crippen molar-refractivity contribution >= 4 is 0 Å². The first-order valence-corrected chi connectivity index (χ1v) is 5.99. The van der Waals surface area contributed by atoms with E-state index in [4.69, 9.17) is 4.74 Å². The molecule has 0 spiro atoms. The summed E-state index contributed by atoms with van der Waals surface area (Å²) in [5.74, 6) is 0.519. The summed E-state index contributed by atoms with van der Waals surface area (Å²) < 4.78 is 5.73. The standard InChI is InChI=1S/C12H25NO2/c1-9(2)11-7-12(8-14,5-6-15-11)13-10(3)4/h9-11,13-14H,5-8H2,1-4H3. The Bertz CT molecular complexity index is 194. The Balaban J connectivity index is 2.63. The average Bonchev–Trinajstić information content (AvgIpc) is 2.17. The van der Waals surface area contributed by atoms with Crippen LogP contribution in [0.4, 0.5) is 0 Å². The SMILES string of the molecule is CC(C)NC1(CO)CCOC(C(C)C)C1. The van der Waals surface area contributed by atoms with Crippen molar-refractivity contribution in [3.05, 3.63) is 0 Å². The van der Waals surface area contributed by atoms with Gasteiger partial charge in [0.1, 0.15) is 0 Å². The fraction of sp³-hybridized carbons (Fsp3) is 1.00. The van der Waals surface area contributed by atoms with E-state index in [2.05, 4.69) is 33.0 Å². The number of rotatable bonds is 4. The molecule has 0 aromatic carbocycles. The van der Waals surface area contributed by atoms with E-state index in [1.54, 1.807) is 0 Å². The maximum atomic E-state index is 9.57. The Morgan fingerprint density at radius 3 is 2.53 bits per heavy atom. The van der Waals surface area contributed by atoms with Gasteiger partial charge in [0, 0.05) is 18.2 Å². The smallest absolute Gasteiger partial charge is 0.0616 e. The summed E-state index contributed by atoms with van der Waals surface area (Å²) in [5, 5.41) is 13.1. The lowest BCUT2D eigenvalue weighted by Crippen LogP contribution is -2.57. The highest BCUT2D eigenvalue weighted by molar-refractivity contribution is 4.94. The summed E-state index contributed by atoms with van der Waals surface area (Å²) in [5.41, 5.74) is -0.124. The predicted molar refractivity (Wildman–Crippen MR) is 61.9 cm³/mol. The normalized spacial score (nSPS) is 32.6. The molecule has 1 fully saturated rings. The van der Waals surface area contributed by atoms with Gasteiger partial charge in [0.15, 0.2) is 0 Å². The maximum Gasteiger partial charge on any atom is 0.0616 e. The number of nitrogens with one attached hydrogen (secondary N) is 1. The highest BCUT2D eigenvalue weighted by Gasteiger charge is 2.37. The summed E-state index contributed by atoms with van der Waals surface area (Å²) in [6.07, 6.45) is 2.10. The molecule has 2 unspecified atom stereocenters. The second kappa shape index (κ2) is 5.28. The lowest BCUT2D eigenvalue weighted by atomic mass is 9.83. The molecule has 1 rings (SSSR count). The van der Waals surface area contributed by atoms with Gasteiger partial charge in [-0.2, -0.15) is 0 Å². The molecule has 0 aromatic heterocycles. The van der Waals surface area contributed by atoms with Crippen LogP contribution in [0.3, 0.4) is 0 Å². The van der Waals surface area contributed by atoms with E-state index < -0.39 is 0 Å². The summed E-state index contributed by atoms with van der Waals surface area (Å²) in [4.78, 5) is 0. The molecule has 0 aromatic rings. The Kier molecular flexibility index (Phi) is 4.56. The second-order valence-electron chi connectivity index (χ2n) is 5.34. The molecule has 2 N–H and O–H groups in total. The number of hydrogen-bond donors (Lipinski definition) is 2. The minimum atomic E-state index is -0.124. The van der Waals surface area contributed by atoms with Gasteiger partial charge in [-0.1, -0.05) is 27.7 Å². The number of hydrogen-bond acceptors (Lipinski definition) is 3. The first-order chi connectivity index (χ1) is 6.99. The van der Waals surface area contributed by atoms with Crippen LogP contribution < -0.4 is 5.32 Å². The van der Waals surface area contributed by atoms with Crippen LogP contribution in [-0.4, -0.2) is 36.0 Å². The molecule has 3 heteroatoms. The Morgan fingerprint density at radius 1 is 1.40 bits per heavy atom. The fourth-order valence-corrected chi connectivity index (χ4v) is 2.31. The summed E-state index contributed by atoms with van der Waals surface area (Å²) >= 11 is 0. The van der Waals surface area contributed by atoms with Crippen molar-refractivity contribution in [2.75, 3.05) is 13.2 Å². The largest absolute Gasteiger partial charge is 0.394 e. The molecule has 0 bridgehead atoms. The van der Waals surface area contributed by atoms with Crippen LogP contribution in [0, 0.1) is 5.92 Å². The zero-order valence-corrected chi connectivity index (χ0v) is 10.4. The molecule has 1 aliphatic heterocycles. The first kappa shape index (κ1) is 12.9. The quantitative estimate of drug-likeness (QED) is 0.747. The molecule has 90 valence electrons. The van der Waals surface area contributed by atoms with Gasteiger partial charge in [-0.3, -0.25) is 0 Å². The van der Waals surface area contributed by atoms with Gasteiger partial charge >= 0.3 is 0 Å². The van der Waals surface area contributed by atoms with Crippen LogP contribution in [-0.2, 0) is 4.74 Å². The van der Waals surface area contributed by atoms with E-state index in [-0.39, 0.29) is 18.2 Å². The summed E-state index contributed by atoms with van der Waals surface area (Å²) in [6, 6.07) is 0.406. The van der Waals surface area contributed by atoms with Crippen LogP contribution in [0.5, 0.6) is 0 Å². The lowest BCUT2D eigenvalue weighted by Gasteiger charge is -2.43. The number of ether oxygens (including phenoxy) is 1. The highest BCUT2D eigenvalue weighted by atomic mass is 16.5. The van der Waals surface area contributed by atoms with Crippen LogP contribution in [0.2, 0.25) is 0 Å². The maximum absolute atomic E-state index is 9.57. The first-order valence-electron chi connectivity index (χ1n) is 5.99. The second-order valence-corrected chi connectivity index (χ2v) is 5.34. The molecule has 1 saturated heterocycles. The molecule has 0 aliphatic carbocycles. The van der Waals surface area contributed by atoms with Gasteiger partial charge in [0.05, 0.1) is 12.7 Å². The minimum Gasteiger partial charge on any atom is -0.394 e. The summed E-state index contributed by atoms with van der Waals surface area (Å²) in [7, 11) is 0. The zero-order valence-electron chi connectivity index (χ0n) is 10.4. The van der Waals surface area contributed by atoms with Crippen molar-refractivity contribution in [2.45, 2.75) is 58.2 Å². The Labute approximate surface area is 93.2 Å². The average molecular weight is 215 g/mol. The molecule has 2 atom stereocenters. The van der Waals surface area contributed by atoms with Crippen molar-refractivity contribution < 1.29 is 9.84 Å². The monoisotopic (exact) mass is 215 g/mol. The van der Waals surface area contributed by atoms with E-state index in [1.165, 1.54) is 0 Å². The molecular formula is C12H25NO2. The van der Waals surface area contributed by atoms with E-state index in [0.717, 1.165) is 19.4 Å².